The van der Waals surface area contributed by atoms with Gasteiger partial charge in [0.15, 0.2) is 0 Å². The van der Waals surface area contributed by atoms with E-state index in [-0.39, 0.29) is 0 Å². The van der Waals surface area contributed by atoms with Crippen LogP contribution in [-0.4, -0.2) is 56.3 Å². The first-order valence-electron chi connectivity index (χ1n) is 3.67. The summed E-state index contributed by atoms with van der Waals surface area (Å²) in [5, 5.41) is 0. The van der Waals surface area contributed by atoms with Crippen molar-refractivity contribution in [2.24, 2.45) is 0 Å². The van der Waals surface area contributed by atoms with Gasteiger partial charge in [-0.2, -0.15) is 0 Å². The third-order valence-corrected chi connectivity index (χ3v) is 8.23. The Morgan fingerprint density at radius 1 is 1.08 bits per heavy atom. The molecule has 0 saturated carbocycles. The summed E-state index contributed by atoms with van der Waals surface area (Å²) in [4.78, 5) is 0. The van der Waals surface area contributed by atoms with Crippen LogP contribution in [0.4, 0.5) is 0 Å². The fourth-order valence-electron chi connectivity index (χ4n) is 0.891. The standard InChI is InChI=1S/C7H10NO2Se2/c1-8(2)7-11-5-6(12-7)10-4-3-9-5/h3-4H2,1-2H3/q+1. The zero-order valence-electron chi connectivity index (χ0n) is 6.99. The van der Waals surface area contributed by atoms with Gasteiger partial charge in [-0.25, -0.2) is 0 Å². The van der Waals surface area contributed by atoms with Crippen molar-refractivity contribution in [1.29, 1.82) is 0 Å². The van der Waals surface area contributed by atoms with Gasteiger partial charge in [0.05, 0.1) is 0 Å². The average molecular weight is 298 g/mol. The monoisotopic (exact) mass is 300 g/mol. The minimum atomic E-state index is 0.402. The fourth-order valence-corrected chi connectivity index (χ4v) is 6.62. The maximum absolute atomic E-state index is 5.53. The van der Waals surface area contributed by atoms with Gasteiger partial charge in [0.25, 0.3) is 0 Å². The van der Waals surface area contributed by atoms with Gasteiger partial charge in [-0.15, -0.1) is 0 Å². The van der Waals surface area contributed by atoms with Crippen LogP contribution in [0.15, 0.2) is 0 Å². The van der Waals surface area contributed by atoms with Gasteiger partial charge in [0, 0.05) is 0 Å². The Hall–Kier alpha value is 0.0490. The summed E-state index contributed by atoms with van der Waals surface area (Å²) < 4.78 is 17.0. The van der Waals surface area contributed by atoms with Gasteiger partial charge in [-0.3, -0.25) is 0 Å². The molecule has 0 unspecified atom stereocenters. The molecule has 0 fully saturated rings. The Balaban J connectivity index is 2.52. The van der Waals surface area contributed by atoms with Crippen molar-refractivity contribution < 1.29 is 9.47 Å². The van der Waals surface area contributed by atoms with Gasteiger partial charge >= 0.3 is 82.7 Å². The van der Waals surface area contributed by atoms with Crippen molar-refractivity contribution in [3.05, 3.63) is 3.11 Å². The van der Waals surface area contributed by atoms with Crippen molar-refractivity contribution in [2.45, 2.75) is 0 Å². The first-order valence-corrected chi connectivity index (χ1v) is 7.10. The molecule has 2 rings (SSSR count). The van der Waals surface area contributed by atoms with Gasteiger partial charge < -0.3 is 0 Å². The number of rotatable bonds is 0. The molecule has 0 bridgehead atoms. The maximum atomic E-state index is 5.53. The number of fused-ring (bicyclic) bond motifs is 1. The number of nitrogens with zero attached hydrogens (tertiary/aromatic N) is 1. The van der Waals surface area contributed by atoms with Crippen LogP contribution in [0.2, 0.25) is 0 Å². The second-order valence-electron chi connectivity index (χ2n) is 2.64. The SMILES string of the molecule is C[N+](C)=c1[se]c2c([se]1)OCCO2. The molecule has 0 radical (unpaired) electrons. The third kappa shape index (κ3) is 1.55. The molecule has 0 amide bonds. The van der Waals surface area contributed by atoms with E-state index in [4.69, 9.17) is 9.47 Å². The molecule has 1 aliphatic rings. The van der Waals surface area contributed by atoms with Crippen molar-refractivity contribution in [3.63, 3.8) is 0 Å². The Kier molecular flexibility index (Phi) is 2.47. The van der Waals surface area contributed by atoms with Crippen molar-refractivity contribution in [1.82, 2.24) is 4.58 Å². The van der Waals surface area contributed by atoms with Crippen LogP contribution < -0.4 is 17.2 Å². The molecule has 66 valence electrons. The van der Waals surface area contributed by atoms with E-state index in [1.165, 1.54) is 3.11 Å². The second kappa shape index (κ2) is 3.42. The Bertz CT molecular complexity index is 322. The Labute approximate surface area is 82.7 Å². The first kappa shape index (κ1) is 8.64. The van der Waals surface area contributed by atoms with E-state index in [0.29, 0.717) is 29.0 Å². The van der Waals surface area contributed by atoms with Crippen LogP contribution in [0, 0.1) is 0 Å². The molecule has 2 heterocycles. The molecule has 0 spiro atoms. The second-order valence-corrected chi connectivity index (χ2v) is 7.98. The zero-order valence-corrected chi connectivity index (χ0v) is 10.4. The van der Waals surface area contributed by atoms with E-state index in [2.05, 4.69) is 18.7 Å². The topological polar surface area (TPSA) is 21.5 Å². The van der Waals surface area contributed by atoms with E-state index in [1.807, 2.05) is 0 Å². The van der Waals surface area contributed by atoms with E-state index >= 15 is 0 Å². The number of hydrogen-bond acceptors (Lipinski definition) is 2. The molecule has 12 heavy (non-hydrogen) atoms. The molecular weight excluding hydrogens is 288 g/mol. The van der Waals surface area contributed by atoms with Crippen LogP contribution in [0.5, 0.6) is 9.25 Å². The van der Waals surface area contributed by atoms with E-state index in [0.717, 1.165) is 22.5 Å². The van der Waals surface area contributed by atoms with Gasteiger partial charge in [0.2, 0.25) is 0 Å². The third-order valence-electron chi connectivity index (χ3n) is 1.44. The molecule has 0 N–H and O–H groups in total. The molecule has 0 saturated heterocycles. The molecule has 1 aromatic rings. The molecule has 0 aliphatic carbocycles. The van der Waals surface area contributed by atoms with E-state index in [1.54, 1.807) is 0 Å². The van der Waals surface area contributed by atoms with Crippen LogP contribution >= 0.6 is 0 Å². The summed E-state index contributed by atoms with van der Waals surface area (Å²) in [5.41, 5.74) is 0. The normalized spacial score (nSPS) is 14.5. The first-order chi connectivity index (χ1) is 5.77. The molecule has 1 aliphatic heterocycles. The predicted octanol–water partition coefficient (Wildman–Crippen LogP) is -1.40. The van der Waals surface area contributed by atoms with Crippen molar-refractivity contribution in [3.8, 4) is 9.25 Å². The Morgan fingerprint density at radius 2 is 1.58 bits per heavy atom. The number of ether oxygens (including phenoxy) is 2. The average Bonchev–Trinajstić information content (AvgIpc) is 2.46. The Morgan fingerprint density at radius 3 is 2.00 bits per heavy atom. The minimum absolute atomic E-state index is 0.402. The quantitative estimate of drug-likeness (QED) is 0.434. The number of hydrogen-bond donors (Lipinski definition) is 0. The van der Waals surface area contributed by atoms with E-state index in [9.17, 15) is 0 Å². The molecule has 0 atom stereocenters. The summed E-state index contributed by atoms with van der Waals surface area (Å²) in [6, 6.07) is 0. The van der Waals surface area contributed by atoms with Crippen LogP contribution in [0.1, 0.15) is 0 Å². The summed E-state index contributed by atoms with van der Waals surface area (Å²) in [6.45, 7) is 1.47. The summed E-state index contributed by atoms with van der Waals surface area (Å²) >= 11 is 0.804. The summed E-state index contributed by atoms with van der Waals surface area (Å²) in [7, 11) is 4.19. The summed E-state index contributed by atoms with van der Waals surface area (Å²) in [5.74, 6) is 0. The van der Waals surface area contributed by atoms with Gasteiger partial charge in [-0.05, 0) is 0 Å². The van der Waals surface area contributed by atoms with Crippen LogP contribution in [0.25, 0.3) is 0 Å². The molecular formula is C7H10NO2Se2+. The fraction of sp³-hybridized carbons (Fsp3) is 0.571. The van der Waals surface area contributed by atoms with Gasteiger partial charge in [0.1, 0.15) is 0 Å². The van der Waals surface area contributed by atoms with Crippen molar-refractivity contribution >= 4 is 29.0 Å². The molecule has 5 heteroatoms. The summed E-state index contributed by atoms with van der Waals surface area (Å²) in [6.07, 6.45) is 0. The molecule has 1 aromatic heterocycles. The predicted molar refractivity (Wildman–Crippen MR) is 48.4 cm³/mol. The molecule has 3 nitrogen and oxygen atoms in total. The molecule has 0 aromatic carbocycles. The zero-order chi connectivity index (χ0) is 8.55. The van der Waals surface area contributed by atoms with Gasteiger partial charge in [-0.1, -0.05) is 0 Å². The van der Waals surface area contributed by atoms with Crippen molar-refractivity contribution in [2.75, 3.05) is 27.3 Å². The van der Waals surface area contributed by atoms with Crippen LogP contribution in [-0.2, 0) is 0 Å². The van der Waals surface area contributed by atoms with Crippen LogP contribution in [0.3, 0.4) is 0 Å². The van der Waals surface area contributed by atoms with E-state index < -0.39 is 0 Å².